The molecule has 11 heavy (non-hydrogen) atoms. The lowest BCUT2D eigenvalue weighted by Crippen LogP contribution is -2.18. The van der Waals surface area contributed by atoms with Gasteiger partial charge in [0, 0.05) is 5.56 Å². The summed E-state index contributed by atoms with van der Waals surface area (Å²) in [7, 11) is 0. The summed E-state index contributed by atoms with van der Waals surface area (Å²) in [5.41, 5.74) is 1.35. The van der Waals surface area contributed by atoms with Crippen molar-refractivity contribution < 1.29 is 0 Å². The van der Waals surface area contributed by atoms with Crippen LogP contribution in [0.1, 0.15) is 17.7 Å². The number of H-pyrrole nitrogens is 1. The van der Waals surface area contributed by atoms with Crippen LogP contribution in [0.4, 0.5) is 0 Å². The van der Waals surface area contributed by atoms with Gasteiger partial charge in [0.05, 0.1) is 5.69 Å². The molecule has 1 aliphatic carbocycles. The van der Waals surface area contributed by atoms with Crippen molar-refractivity contribution in [2.24, 2.45) is 0 Å². The van der Waals surface area contributed by atoms with Crippen molar-refractivity contribution in [2.45, 2.75) is 12.8 Å². The van der Waals surface area contributed by atoms with Crippen molar-refractivity contribution in [3.63, 3.8) is 0 Å². The first-order chi connectivity index (χ1) is 5.38. The number of aromatic nitrogens is 3. The second kappa shape index (κ2) is 2.30. The molecule has 2 rings (SSSR count). The lowest BCUT2D eigenvalue weighted by atomic mass is 10.0. The molecule has 4 nitrogen and oxygen atoms in total. The van der Waals surface area contributed by atoms with Gasteiger partial charge in [0.15, 0.2) is 0 Å². The zero-order valence-electron chi connectivity index (χ0n) is 5.87. The molecule has 0 amide bonds. The lowest BCUT2D eigenvalue weighted by molar-refractivity contribution is 0.788. The maximum atomic E-state index is 11.1. The molecule has 56 valence electrons. The Bertz CT molecular complexity index is 353. The van der Waals surface area contributed by atoms with Crippen LogP contribution >= 0.6 is 0 Å². The highest BCUT2D eigenvalue weighted by Gasteiger charge is 2.08. The van der Waals surface area contributed by atoms with Crippen molar-refractivity contribution in [1.82, 2.24) is 15.4 Å². The molecule has 1 N–H and O–H groups in total. The summed E-state index contributed by atoms with van der Waals surface area (Å²) in [6.07, 6.45) is 5.52. The van der Waals surface area contributed by atoms with Crippen molar-refractivity contribution in [1.29, 1.82) is 0 Å². The SMILES string of the molecule is O=c1[nH]nnc2c1CCC=C2. The average Bonchev–Trinajstić information content (AvgIpc) is 2.06. The van der Waals surface area contributed by atoms with E-state index < -0.39 is 0 Å². The largest absolute Gasteiger partial charge is 0.270 e. The maximum Gasteiger partial charge on any atom is 0.270 e. The number of hydrogen-bond acceptors (Lipinski definition) is 3. The Balaban J connectivity index is 2.69. The minimum atomic E-state index is -0.112. The highest BCUT2D eigenvalue weighted by atomic mass is 16.1. The van der Waals surface area contributed by atoms with E-state index in [1.807, 2.05) is 12.2 Å². The molecule has 1 aromatic rings. The molecular formula is C7H7N3O. The molecule has 0 fully saturated rings. The zero-order chi connectivity index (χ0) is 7.68. The van der Waals surface area contributed by atoms with Crippen LogP contribution in [0.3, 0.4) is 0 Å². The quantitative estimate of drug-likeness (QED) is 0.570. The van der Waals surface area contributed by atoms with Gasteiger partial charge in [0.2, 0.25) is 0 Å². The van der Waals surface area contributed by atoms with E-state index in [1.54, 1.807) is 0 Å². The summed E-state index contributed by atoms with van der Waals surface area (Å²) in [5.74, 6) is 0. The number of hydrogen-bond donors (Lipinski definition) is 1. The minimum Gasteiger partial charge on any atom is -0.268 e. The molecule has 0 spiro atoms. The number of fused-ring (bicyclic) bond motifs is 1. The third-order valence-corrected chi connectivity index (χ3v) is 1.73. The van der Waals surface area contributed by atoms with Gasteiger partial charge in [0.25, 0.3) is 5.56 Å². The van der Waals surface area contributed by atoms with Crippen LogP contribution in [0.2, 0.25) is 0 Å². The Kier molecular flexibility index (Phi) is 1.31. The summed E-state index contributed by atoms with van der Waals surface area (Å²) in [5, 5.41) is 9.56. The molecule has 1 aromatic heterocycles. The van der Waals surface area contributed by atoms with Crippen molar-refractivity contribution in [3.8, 4) is 0 Å². The van der Waals surface area contributed by atoms with Gasteiger partial charge in [-0.05, 0) is 18.9 Å². The minimum absolute atomic E-state index is 0.112. The first-order valence-electron chi connectivity index (χ1n) is 3.49. The van der Waals surface area contributed by atoms with Gasteiger partial charge in [-0.2, -0.15) is 0 Å². The fourth-order valence-electron chi connectivity index (χ4n) is 1.17. The van der Waals surface area contributed by atoms with E-state index in [1.165, 1.54) is 0 Å². The van der Waals surface area contributed by atoms with Gasteiger partial charge in [0.1, 0.15) is 0 Å². The monoisotopic (exact) mass is 149 g/mol. The Hall–Kier alpha value is -1.45. The second-order valence-corrected chi connectivity index (χ2v) is 2.45. The Labute approximate surface area is 63.0 Å². The van der Waals surface area contributed by atoms with Crippen molar-refractivity contribution >= 4 is 6.08 Å². The first-order valence-corrected chi connectivity index (χ1v) is 3.49. The molecule has 0 bridgehead atoms. The van der Waals surface area contributed by atoms with E-state index in [4.69, 9.17) is 0 Å². The van der Waals surface area contributed by atoms with E-state index in [0.29, 0.717) is 5.69 Å². The molecule has 0 aliphatic heterocycles. The van der Waals surface area contributed by atoms with Crippen LogP contribution in [-0.2, 0) is 6.42 Å². The van der Waals surface area contributed by atoms with Gasteiger partial charge < -0.3 is 0 Å². The molecule has 1 aliphatic rings. The predicted molar refractivity (Wildman–Crippen MR) is 40.0 cm³/mol. The molecule has 0 aromatic carbocycles. The molecule has 0 unspecified atom stereocenters. The number of nitrogens with one attached hydrogen (secondary N) is 1. The van der Waals surface area contributed by atoms with Gasteiger partial charge >= 0.3 is 0 Å². The fraction of sp³-hybridized carbons (Fsp3) is 0.286. The van der Waals surface area contributed by atoms with Gasteiger partial charge in [-0.1, -0.05) is 11.3 Å². The highest BCUT2D eigenvalue weighted by Crippen LogP contribution is 2.10. The summed E-state index contributed by atoms with van der Waals surface area (Å²) in [4.78, 5) is 11.1. The van der Waals surface area contributed by atoms with Crippen LogP contribution in [0.15, 0.2) is 10.9 Å². The van der Waals surface area contributed by atoms with Gasteiger partial charge in [-0.3, -0.25) is 4.79 Å². The summed E-state index contributed by atoms with van der Waals surface area (Å²) in [6, 6.07) is 0. The number of nitrogens with zero attached hydrogens (tertiary/aromatic N) is 2. The van der Waals surface area contributed by atoms with Crippen LogP contribution < -0.4 is 5.56 Å². The van der Waals surface area contributed by atoms with Gasteiger partial charge in [-0.25, -0.2) is 5.10 Å². The Morgan fingerprint density at radius 2 is 2.45 bits per heavy atom. The number of allylic oxidation sites excluding steroid dienone is 1. The van der Waals surface area contributed by atoms with Crippen molar-refractivity contribution in [3.05, 3.63) is 27.7 Å². The van der Waals surface area contributed by atoms with Crippen LogP contribution in [0.5, 0.6) is 0 Å². The standard InChI is InChI=1S/C7H7N3O/c11-7-5-3-1-2-4-6(5)8-10-9-7/h2,4H,1,3H2,(H,8,9,11). The predicted octanol–water partition coefficient (Wildman–Crippen LogP) is 0.124. The molecule has 0 radical (unpaired) electrons. The molecule has 0 saturated heterocycles. The van der Waals surface area contributed by atoms with E-state index in [9.17, 15) is 4.79 Å². The van der Waals surface area contributed by atoms with E-state index in [2.05, 4.69) is 15.4 Å². The fourth-order valence-corrected chi connectivity index (χ4v) is 1.17. The third kappa shape index (κ3) is 0.960. The molecule has 0 atom stereocenters. The maximum absolute atomic E-state index is 11.1. The van der Waals surface area contributed by atoms with E-state index in [-0.39, 0.29) is 5.56 Å². The molecular weight excluding hydrogens is 142 g/mol. The van der Waals surface area contributed by atoms with Crippen LogP contribution in [0, 0.1) is 0 Å². The molecule has 0 saturated carbocycles. The highest BCUT2D eigenvalue weighted by molar-refractivity contribution is 5.50. The smallest absolute Gasteiger partial charge is 0.268 e. The van der Waals surface area contributed by atoms with E-state index >= 15 is 0 Å². The third-order valence-electron chi connectivity index (χ3n) is 1.73. The Morgan fingerprint density at radius 1 is 1.55 bits per heavy atom. The van der Waals surface area contributed by atoms with Gasteiger partial charge in [-0.15, -0.1) is 5.10 Å². The van der Waals surface area contributed by atoms with E-state index in [0.717, 1.165) is 18.4 Å². The van der Waals surface area contributed by atoms with Crippen molar-refractivity contribution in [2.75, 3.05) is 0 Å². The Morgan fingerprint density at radius 3 is 3.27 bits per heavy atom. The summed E-state index contributed by atoms with van der Waals surface area (Å²) < 4.78 is 0. The van der Waals surface area contributed by atoms with Crippen LogP contribution in [0.25, 0.3) is 6.08 Å². The number of aromatic amines is 1. The normalized spacial score (nSPS) is 14.5. The van der Waals surface area contributed by atoms with Crippen LogP contribution in [-0.4, -0.2) is 15.4 Å². The molecule has 4 heteroatoms. The topological polar surface area (TPSA) is 58.6 Å². The summed E-state index contributed by atoms with van der Waals surface area (Å²) >= 11 is 0. The zero-order valence-corrected chi connectivity index (χ0v) is 5.87. The average molecular weight is 149 g/mol. The lowest BCUT2D eigenvalue weighted by Gasteiger charge is -2.04. The second-order valence-electron chi connectivity index (χ2n) is 2.45. The summed E-state index contributed by atoms with van der Waals surface area (Å²) in [6.45, 7) is 0. The number of rotatable bonds is 0. The molecule has 1 heterocycles. The first kappa shape index (κ1) is 6.27.